The summed E-state index contributed by atoms with van der Waals surface area (Å²) >= 11 is 5.73. The summed E-state index contributed by atoms with van der Waals surface area (Å²) in [4.78, 5) is 15.9. The molecule has 1 atom stereocenters. The van der Waals surface area contributed by atoms with Crippen molar-refractivity contribution in [2.24, 2.45) is 5.73 Å². The fraction of sp³-hybridized carbons (Fsp3) is 0.0769. The standard InChI is InChI=1S/C13H12ClN3O/c14-10-7-4-8-11(16-10)17-13(18)12(15)9-5-2-1-3-6-9/h1-8,12H,15H2,(H,16,17,18)/t12-/m1/s1. The highest BCUT2D eigenvalue weighted by atomic mass is 35.5. The number of hydrogen-bond acceptors (Lipinski definition) is 3. The van der Waals surface area contributed by atoms with E-state index in [0.717, 1.165) is 5.56 Å². The van der Waals surface area contributed by atoms with E-state index in [1.807, 2.05) is 18.2 Å². The predicted molar refractivity (Wildman–Crippen MR) is 71.2 cm³/mol. The maximum absolute atomic E-state index is 11.9. The molecule has 4 nitrogen and oxygen atoms in total. The fourth-order valence-corrected chi connectivity index (χ4v) is 1.66. The molecule has 0 saturated heterocycles. The average Bonchev–Trinajstić information content (AvgIpc) is 2.39. The fourth-order valence-electron chi connectivity index (χ4n) is 1.49. The molecule has 0 spiro atoms. The lowest BCUT2D eigenvalue weighted by molar-refractivity contribution is -0.117. The smallest absolute Gasteiger partial charge is 0.247 e. The molecule has 1 heterocycles. The molecule has 18 heavy (non-hydrogen) atoms. The molecule has 0 aliphatic heterocycles. The van der Waals surface area contributed by atoms with Crippen LogP contribution in [0.5, 0.6) is 0 Å². The lowest BCUT2D eigenvalue weighted by Gasteiger charge is -2.11. The van der Waals surface area contributed by atoms with E-state index in [-0.39, 0.29) is 5.91 Å². The van der Waals surface area contributed by atoms with Gasteiger partial charge in [0.15, 0.2) is 0 Å². The van der Waals surface area contributed by atoms with Crippen LogP contribution in [0, 0.1) is 0 Å². The normalized spacial score (nSPS) is 11.9. The second kappa shape index (κ2) is 5.62. The van der Waals surface area contributed by atoms with Gasteiger partial charge < -0.3 is 11.1 Å². The minimum Gasteiger partial charge on any atom is -0.316 e. The summed E-state index contributed by atoms with van der Waals surface area (Å²) in [5.74, 6) is 0.0647. The van der Waals surface area contributed by atoms with E-state index in [1.54, 1.807) is 30.3 Å². The van der Waals surface area contributed by atoms with Crippen molar-refractivity contribution in [1.82, 2.24) is 4.98 Å². The van der Waals surface area contributed by atoms with Crippen molar-refractivity contribution in [2.45, 2.75) is 6.04 Å². The lowest BCUT2D eigenvalue weighted by Crippen LogP contribution is -2.28. The third-order valence-electron chi connectivity index (χ3n) is 2.41. The highest BCUT2D eigenvalue weighted by molar-refractivity contribution is 6.29. The predicted octanol–water partition coefficient (Wildman–Crippen LogP) is 2.37. The molecule has 2 aromatic rings. The van der Waals surface area contributed by atoms with Crippen LogP contribution in [0.3, 0.4) is 0 Å². The van der Waals surface area contributed by atoms with Crippen LogP contribution in [0.1, 0.15) is 11.6 Å². The molecular formula is C13H12ClN3O. The number of aromatic nitrogens is 1. The molecule has 1 aromatic carbocycles. The Morgan fingerprint density at radius 2 is 1.89 bits per heavy atom. The Hall–Kier alpha value is -1.91. The molecular weight excluding hydrogens is 250 g/mol. The first-order valence-corrected chi connectivity index (χ1v) is 5.78. The Morgan fingerprint density at radius 1 is 1.17 bits per heavy atom. The van der Waals surface area contributed by atoms with Crippen LogP contribution in [-0.4, -0.2) is 10.9 Å². The summed E-state index contributed by atoms with van der Waals surface area (Å²) in [6.45, 7) is 0. The van der Waals surface area contributed by atoms with Crippen LogP contribution in [-0.2, 0) is 4.79 Å². The molecule has 3 N–H and O–H groups in total. The third kappa shape index (κ3) is 3.06. The summed E-state index contributed by atoms with van der Waals surface area (Å²) in [7, 11) is 0. The van der Waals surface area contributed by atoms with Crippen molar-refractivity contribution in [1.29, 1.82) is 0 Å². The molecule has 0 radical (unpaired) electrons. The summed E-state index contributed by atoms with van der Waals surface area (Å²) < 4.78 is 0. The van der Waals surface area contributed by atoms with Crippen LogP contribution in [0.2, 0.25) is 5.15 Å². The van der Waals surface area contributed by atoms with Gasteiger partial charge in [-0.3, -0.25) is 4.79 Å². The lowest BCUT2D eigenvalue weighted by atomic mass is 10.1. The Bertz CT molecular complexity index is 545. The summed E-state index contributed by atoms with van der Waals surface area (Å²) in [5.41, 5.74) is 6.60. The monoisotopic (exact) mass is 261 g/mol. The summed E-state index contributed by atoms with van der Waals surface area (Å²) in [6, 6.07) is 13.4. The quantitative estimate of drug-likeness (QED) is 0.834. The van der Waals surface area contributed by atoms with Crippen LogP contribution in [0.25, 0.3) is 0 Å². The molecule has 0 fully saturated rings. The Kier molecular flexibility index (Phi) is 3.92. The van der Waals surface area contributed by atoms with Gasteiger partial charge in [0.2, 0.25) is 5.91 Å². The van der Waals surface area contributed by atoms with Crippen molar-refractivity contribution in [3.63, 3.8) is 0 Å². The second-order valence-corrected chi connectivity index (χ2v) is 4.11. The molecule has 0 saturated carbocycles. The van der Waals surface area contributed by atoms with Crippen LogP contribution in [0.4, 0.5) is 5.82 Å². The third-order valence-corrected chi connectivity index (χ3v) is 2.62. The molecule has 0 bridgehead atoms. The number of amides is 1. The van der Waals surface area contributed by atoms with Gasteiger partial charge in [0.05, 0.1) is 0 Å². The van der Waals surface area contributed by atoms with E-state index in [4.69, 9.17) is 17.3 Å². The van der Waals surface area contributed by atoms with Crippen molar-refractivity contribution < 1.29 is 4.79 Å². The molecule has 1 amide bonds. The van der Waals surface area contributed by atoms with Gasteiger partial charge in [0.25, 0.3) is 0 Å². The number of rotatable bonds is 3. The van der Waals surface area contributed by atoms with Crippen molar-refractivity contribution >= 4 is 23.3 Å². The van der Waals surface area contributed by atoms with Gasteiger partial charge in [-0.15, -0.1) is 0 Å². The Morgan fingerprint density at radius 3 is 2.56 bits per heavy atom. The number of pyridine rings is 1. The van der Waals surface area contributed by atoms with Crippen LogP contribution in [0.15, 0.2) is 48.5 Å². The summed E-state index contributed by atoms with van der Waals surface area (Å²) in [5, 5.41) is 2.94. The first-order valence-electron chi connectivity index (χ1n) is 5.41. The number of nitrogens with zero attached hydrogens (tertiary/aromatic N) is 1. The Labute approximate surface area is 110 Å². The van der Waals surface area contributed by atoms with E-state index < -0.39 is 6.04 Å². The SMILES string of the molecule is N[C@@H](C(=O)Nc1cccc(Cl)n1)c1ccccc1. The van der Waals surface area contributed by atoms with E-state index in [9.17, 15) is 4.79 Å². The molecule has 0 unspecified atom stereocenters. The van der Waals surface area contributed by atoms with Gasteiger partial charge in [0, 0.05) is 0 Å². The molecule has 5 heteroatoms. The number of nitrogens with two attached hydrogens (primary N) is 1. The largest absolute Gasteiger partial charge is 0.316 e. The number of nitrogens with one attached hydrogen (secondary N) is 1. The van der Waals surface area contributed by atoms with E-state index in [1.165, 1.54) is 0 Å². The number of hydrogen-bond donors (Lipinski definition) is 2. The Balaban J connectivity index is 2.09. The maximum atomic E-state index is 11.9. The molecule has 92 valence electrons. The van der Waals surface area contributed by atoms with Crippen molar-refractivity contribution in [2.75, 3.05) is 5.32 Å². The highest BCUT2D eigenvalue weighted by Crippen LogP contribution is 2.14. The highest BCUT2D eigenvalue weighted by Gasteiger charge is 2.15. The van der Waals surface area contributed by atoms with E-state index in [0.29, 0.717) is 11.0 Å². The number of carbonyl (C=O) groups is 1. The number of benzene rings is 1. The maximum Gasteiger partial charge on any atom is 0.247 e. The molecule has 0 aliphatic carbocycles. The zero-order valence-electron chi connectivity index (χ0n) is 9.51. The molecule has 0 aliphatic rings. The molecule has 2 rings (SSSR count). The van der Waals surface area contributed by atoms with Gasteiger partial charge in [0.1, 0.15) is 17.0 Å². The van der Waals surface area contributed by atoms with Gasteiger partial charge in [-0.05, 0) is 17.7 Å². The second-order valence-electron chi connectivity index (χ2n) is 3.72. The molecule has 1 aromatic heterocycles. The number of halogens is 1. The van der Waals surface area contributed by atoms with E-state index in [2.05, 4.69) is 10.3 Å². The van der Waals surface area contributed by atoms with Gasteiger partial charge in [-0.1, -0.05) is 48.0 Å². The zero-order valence-corrected chi connectivity index (χ0v) is 10.3. The first-order chi connectivity index (χ1) is 8.66. The topological polar surface area (TPSA) is 68.0 Å². The van der Waals surface area contributed by atoms with Gasteiger partial charge >= 0.3 is 0 Å². The van der Waals surface area contributed by atoms with Gasteiger partial charge in [-0.2, -0.15) is 0 Å². The van der Waals surface area contributed by atoms with Crippen LogP contribution < -0.4 is 11.1 Å². The number of carbonyl (C=O) groups excluding carboxylic acids is 1. The van der Waals surface area contributed by atoms with Crippen LogP contribution >= 0.6 is 11.6 Å². The average molecular weight is 262 g/mol. The number of anilines is 1. The van der Waals surface area contributed by atoms with E-state index >= 15 is 0 Å². The zero-order chi connectivity index (χ0) is 13.0. The minimum atomic E-state index is -0.730. The first kappa shape index (κ1) is 12.5. The minimum absolute atomic E-state index is 0.320. The van der Waals surface area contributed by atoms with Crippen molar-refractivity contribution in [3.05, 3.63) is 59.2 Å². The summed E-state index contributed by atoms with van der Waals surface area (Å²) in [6.07, 6.45) is 0. The van der Waals surface area contributed by atoms with Gasteiger partial charge in [-0.25, -0.2) is 4.98 Å². The van der Waals surface area contributed by atoms with Crippen molar-refractivity contribution in [3.8, 4) is 0 Å².